The third-order valence-corrected chi connectivity index (χ3v) is 3.81. The van der Waals surface area contributed by atoms with E-state index in [-0.39, 0.29) is 12.5 Å². The Bertz CT molecular complexity index is 524. The van der Waals surface area contributed by atoms with E-state index in [1.165, 1.54) is 0 Å². The van der Waals surface area contributed by atoms with E-state index in [4.69, 9.17) is 18.9 Å². The molecule has 1 aliphatic heterocycles. The minimum atomic E-state index is -0.808. The fraction of sp³-hybridized carbons (Fsp3) is 0.471. The molecule has 120 valence electrons. The molecule has 0 aromatic heterocycles. The van der Waals surface area contributed by atoms with Crippen molar-refractivity contribution in [2.45, 2.75) is 32.2 Å². The Morgan fingerprint density at radius 3 is 2.68 bits per heavy atom. The first-order valence-corrected chi connectivity index (χ1v) is 7.21. The predicted molar refractivity (Wildman–Crippen MR) is 81.8 cm³/mol. The summed E-state index contributed by atoms with van der Waals surface area (Å²) >= 11 is 0. The van der Waals surface area contributed by atoms with Crippen molar-refractivity contribution in [2.24, 2.45) is 5.92 Å². The minimum absolute atomic E-state index is 0.0129. The molecule has 0 N–H and O–H groups in total. The summed E-state index contributed by atoms with van der Waals surface area (Å²) in [7, 11) is 1.63. The molecule has 5 nitrogen and oxygen atoms in total. The van der Waals surface area contributed by atoms with Gasteiger partial charge in [-0.05, 0) is 24.6 Å². The molecule has 0 bridgehead atoms. The van der Waals surface area contributed by atoms with E-state index in [0.717, 1.165) is 11.3 Å². The zero-order chi connectivity index (χ0) is 16.2. The van der Waals surface area contributed by atoms with E-state index in [1.807, 2.05) is 38.1 Å². The van der Waals surface area contributed by atoms with Crippen LogP contribution >= 0.6 is 0 Å². The minimum Gasteiger partial charge on any atom is -0.497 e. The van der Waals surface area contributed by atoms with Crippen LogP contribution in [0.15, 0.2) is 36.9 Å². The average molecular weight is 306 g/mol. The maximum Gasteiger partial charge on any atom is 0.509 e. The van der Waals surface area contributed by atoms with Crippen molar-refractivity contribution in [1.82, 2.24) is 0 Å². The summed E-state index contributed by atoms with van der Waals surface area (Å²) < 4.78 is 21.4. The van der Waals surface area contributed by atoms with Crippen LogP contribution < -0.4 is 4.74 Å². The Morgan fingerprint density at radius 2 is 2.09 bits per heavy atom. The molecule has 22 heavy (non-hydrogen) atoms. The fourth-order valence-electron chi connectivity index (χ4n) is 2.49. The van der Waals surface area contributed by atoms with Gasteiger partial charge in [-0.2, -0.15) is 0 Å². The third-order valence-electron chi connectivity index (χ3n) is 3.81. The van der Waals surface area contributed by atoms with E-state index >= 15 is 0 Å². The highest BCUT2D eigenvalue weighted by Crippen LogP contribution is 2.33. The molecule has 1 saturated heterocycles. The van der Waals surface area contributed by atoms with Gasteiger partial charge in [0, 0.05) is 5.92 Å². The van der Waals surface area contributed by atoms with Crippen molar-refractivity contribution >= 4 is 6.16 Å². The van der Waals surface area contributed by atoms with Crippen molar-refractivity contribution in [1.29, 1.82) is 0 Å². The Labute approximate surface area is 130 Å². The van der Waals surface area contributed by atoms with Gasteiger partial charge in [-0.25, -0.2) is 4.79 Å². The molecule has 2 rings (SSSR count). The van der Waals surface area contributed by atoms with Gasteiger partial charge in [-0.15, -0.1) is 6.58 Å². The smallest absolute Gasteiger partial charge is 0.497 e. The van der Waals surface area contributed by atoms with Crippen LogP contribution in [0.3, 0.4) is 0 Å². The number of cyclic esters (lactones) is 2. The van der Waals surface area contributed by atoms with Crippen LogP contribution in [-0.2, 0) is 20.8 Å². The number of ether oxygens (including phenoxy) is 4. The highest BCUT2D eigenvalue weighted by molar-refractivity contribution is 5.63. The van der Waals surface area contributed by atoms with Gasteiger partial charge in [-0.1, -0.05) is 25.1 Å². The molecule has 1 heterocycles. The lowest BCUT2D eigenvalue weighted by atomic mass is 9.90. The van der Waals surface area contributed by atoms with Gasteiger partial charge in [0.15, 0.2) is 11.7 Å². The van der Waals surface area contributed by atoms with Crippen molar-refractivity contribution in [3.05, 3.63) is 42.5 Å². The van der Waals surface area contributed by atoms with Gasteiger partial charge in [-0.3, -0.25) is 0 Å². The fourth-order valence-corrected chi connectivity index (χ4v) is 2.49. The van der Waals surface area contributed by atoms with Gasteiger partial charge in [0.25, 0.3) is 0 Å². The lowest BCUT2D eigenvalue weighted by Gasteiger charge is -2.29. The summed E-state index contributed by atoms with van der Waals surface area (Å²) in [5.74, 6) is 0.787. The summed E-state index contributed by atoms with van der Waals surface area (Å²) in [6.45, 7) is 8.17. The molecule has 0 amide bonds. The molecule has 5 heteroatoms. The molecule has 0 radical (unpaired) electrons. The molecule has 1 aromatic rings. The van der Waals surface area contributed by atoms with Crippen LogP contribution in [0.5, 0.6) is 5.75 Å². The summed E-state index contributed by atoms with van der Waals surface area (Å²) in [4.78, 5) is 11.4. The van der Waals surface area contributed by atoms with E-state index in [9.17, 15) is 4.79 Å². The Balaban J connectivity index is 1.93. The average Bonchev–Trinajstić information content (AvgIpc) is 2.82. The van der Waals surface area contributed by atoms with Gasteiger partial charge < -0.3 is 18.9 Å². The Hall–Kier alpha value is -2.01. The van der Waals surface area contributed by atoms with E-state index in [2.05, 4.69) is 6.58 Å². The number of carbonyl (C=O) groups excluding carboxylic acids is 1. The van der Waals surface area contributed by atoms with Crippen molar-refractivity contribution in [2.75, 3.05) is 13.7 Å². The van der Waals surface area contributed by atoms with Gasteiger partial charge in [0.05, 0.1) is 20.3 Å². The number of methoxy groups -OCH3 is 1. The van der Waals surface area contributed by atoms with Gasteiger partial charge >= 0.3 is 6.16 Å². The summed E-state index contributed by atoms with van der Waals surface area (Å²) in [6.07, 6.45) is 0.691. The molecule has 1 fully saturated rings. The van der Waals surface area contributed by atoms with E-state index < -0.39 is 17.9 Å². The monoisotopic (exact) mass is 306 g/mol. The first-order chi connectivity index (χ1) is 10.5. The summed E-state index contributed by atoms with van der Waals surface area (Å²) in [5, 5.41) is 0. The zero-order valence-corrected chi connectivity index (χ0v) is 13.2. The number of hydrogen-bond donors (Lipinski definition) is 0. The second kappa shape index (κ2) is 6.83. The highest BCUT2D eigenvalue weighted by atomic mass is 16.8. The number of hydrogen-bond acceptors (Lipinski definition) is 5. The molecular weight excluding hydrogens is 284 g/mol. The maximum absolute atomic E-state index is 11.4. The summed E-state index contributed by atoms with van der Waals surface area (Å²) in [6, 6.07) is 7.62. The van der Waals surface area contributed by atoms with Gasteiger partial charge in [0.2, 0.25) is 0 Å². The molecule has 3 atom stereocenters. The molecule has 0 aliphatic carbocycles. The molecule has 0 unspecified atom stereocenters. The lowest BCUT2D eigenvalue weighted by molar-refractivity contribution is -0.0516. The van der Waals surface area contributed by atoms with Crippen LogP contribution in [0.4, 0.5) is 4.79 Å². The molecule has 0 spiro atoms. The number of benzene rings is 1. The first kappa shape index (κ1) is 16.4. The van der Waals surface area contributed by atoms with Crippen LogP contribution in [0.2, 0.25) is 0 Å². The van der Waals surface area contributed by atoms with Crippen molar-refractivity contribution < 1.29 is 23.7 Å². The largest absolute Gasteiger partial charge is 0.509 e. The van der Waals surface area contributed by atoms with E-state index in [0.29, 0.717) is 6.61 Å². The number of carbonyl (C=O) groups is 1. The second-order valence-electron chi connectivity index (χ2n) is 5.64. The zero-order valence-electron chi connectivity index (χ0n) is 13.2. The second-order valence-corrected chi connectivity index (χ2v) is 5.64. The van der Waals surface area contributed by atoms with Crippen LogP contribution in [0.1, 0.15) is 19.4 Å². The normalized spacial score (nSPS) is 25.2. The molecule has 1 aromatic carbocycles. The highest BCUT2D eigenvalue weighted by Gasteiger charge is 2.49. The van der Waals surface area contributed by atoms with Crippen molar-refractivity contribution in [3.63, 3.8) is 0 Å². The van der Waals surface area contributed by atoms with Gasteiger partial charge in [0.1, 0.15) is 5.75 Å². The molecule has 1 aliphatic rings. The van der Waals surface area contributed by atoms with Crippen LogP contribution in [0, 0.1) is 5.92 Å². The van der Waals surface area contributed by atoms with E-state index in [1.54, 1.807) is 13.2 Å². The first-order valence-electron chi connectivity index (χ1n) is 7.21. The predicted octanol–water partition coefficient (Wildman–Crippen LogP) is 3.33. The number of rotatable bonds is 7. The standard InChI is InChI=1S/C17H22O5/c1-5-12(2)15-17(3,22-16(18)21-15)11-20-10-13-6-8-14(19-4)9-7-13/h5-9,12,15H,1,10-11H2,2-4H3/t12-,15-,17+/m0/s1. The molecular formula is C17H22O5. The lowest BCUT2D eigenvalue weighted by Crippen LogP contribution is -2.44. The quantitative estimate of drug-likeness (QED) is 0.571. The topological polar surface area (TPSA) is 54.0 Å². The Morgan fingerprint density at radius 1 is 1.41 bits per heavy atom. The SMILES string of the molecule is C=C[C@H](C)[C@@H]1OC(=O)O[C@]1(C)COCc1ccc(OC)cc1. The summed E-state index contributed by atoms with van der Waals surface area (Å²) in [5.41, 5.74) is 0.208. The van der Waals surface area contributed by atoms with Crippen LogP contribution in [-0.4, -0.2) is 31.6 Å². The third kappa shape index (κ3) is 3.60. The van der Waals surface area contributed by atoms with Crippen molar-refractivity contribution in [3.8, 4) is 5.75 Å². The molecule has 0 saturated carbocycles. The maximum atomic E-state index is 11.4. The Kier molecular flexibility index (Phi) is 5.08. The van der Waals surface area contributed by atoms with Crippen LogP contribution in [0.25, 0.3) is 0 Å².